The molecule has 3 nitrogen and oxygen atoms in total. The molecule has 4 rings (SSSR count). The van der Waals surface area contributed by atoms with E-state index in [1.807, 2.05) is 36.4 Å². The predicted octanol–water partition coefficient (Wildman–Crippen LogP) is 3.58. The number of anilines is 1. The minimum Gasteiger partial charge on any atom is -0.370 e. The number of hydrogen-bond acceptors (Lipinski definition) is 3. The second-order valence-corrected chi connectivity index (χ2v) is 7.02. The highest BCUT2D eigenvalue weighted by molar-refractivity contribution is 5.69. The van der Waals surface area contributed by atoms with E-state index in [1.54, 1.807) is 11.0 Å². The van der Waals surface area contributed by atoms with Crippen molar-refractivity contribution in [1.82, 2.24) is 5.32 Å². The molecule has 0 saturated heterocycles. The number of para-hydroxylation sites is 1. The number of halogens is 3. The lowest BCUT2D eigenvalue weighted by molar-refractivity contribution is -0.193. The van der Waals surface area contributed by atoms with Gasteiger partial charge in [0.2, 0.25) is 0 Å². The minimum atomic E-state index is -4.51. The zero-order chi connectivity index (χ0) is 18.4. The Labute approximate surface area is 150 Å². The van der Waals surface area contributed by atoms with E-state index in [0.717, 1.165) is 11.1 Å². The Morgan fingerprint density at radius 1 is 1.12 bits per heavy atom. The molecular weight excluding hydrogens is 341 g/mol. The Balaban J connectivity index is 1.77. The van der Waals surface area contributed by atoms with Gasteiger partial charge in [-0.1, -0.05) is 48.5 Å². The second-order valence-electron chi connectivity index (χ2n) is 7.02. The summed E-state index contributed by atoms with van der Waals surface area (Å²) in [6.07, 6.45) is -4.10. The fraction of sp³-hybridized carbons (Fsp3) is 0.400. The molecule has 0 spiro atoms. The number of aryl methyl sites for hydroxylation is 1. The Bertz CT molecular complexity index is 793. The van der Waals surface area contributed by atoms with Crippen LogP contribution in [0.25, 0.3) is 0 Å². The first-order chi connectivity index (χ1) is 12.4. The molecule has 2 unspecified atom stereocenters. The van der Waals surface area contributed by atoms with Crippen molar-refractivity contribution in [2.24, 2.45) is 0 Å². The molecule has 6 heteroatoms. The summed E-state index contributed by atoms with van der Waals surface area (Å²) in [5.41, 5.74) is 0.499. The van der Waals surface area contributed by atoms with Gasteiger partial charge in [-0.3, -0.25) is 0 Å². The molecule has 26 heavy (non-hydrogen) atoms. The third-order valence-corrected chi connectivity index (χ3v) is 5.44. The van der Waals surface area contributed by atoms with Gasteiger partial charge >= 0.3 is 6.18 Å². The molecule has 0 saturated carbocycles. The first-order valence-corrected chi connectivity index (χ1v) is 8.84. The smallest absolute Gasteiger partial charge is 0.370 e. The maximum Gasteiger partial charge on any atom is 0.400 e. The predicted molar refractivity (Wildman–Crippen MR) is 94.0 cm³/mol. The van der Waals surface area contributed by atoms with Gasteiger partial charge in [-0.05, 0) is 23.1 Å². The number of rotatable bonds is 3. The largest absolute Gasteiger partial charge is 0.400 e. The lowest BCUT2D eigenvalue weighted by atomic mass is 9.86. The van der Waals surface area contributed by atoms with Crippen molar-refractivity contribution in [2.75, 3.05) is 18.0 Å². The van der Waals surface area contributed by atoms with E-state index in [1.165, 1.54) is 6.07 Å². The molecule has 2 aromatic rings. The number of alkyl halides is 3. The first-order valence-electron chi connectivity index (χ1n) is 8.84. The fourth-order valence-corrected chi connectivity index (χ4v) is 4.32. The maximum absolute atomic E-state index is 14.0. The van der Waals surface area contributed by atoms with Crippen LogP contribution in [0.3, 0.4) is 0 Å². The lowest BCUT2D eigenvalue weighted by Crippen LogP contribution is -2.54. The van der Waals surface area contributed by atoms with Crippen LogP contribution in [0.5, 0.6) is 0 Å². The standard InChI is InChI=1S/C20H21F3N2O/c21-20(22,23)18-16-8-4-7-15-13-24-11-12-25(17(15)16)19(18,26)10-9-14-5-2-1-3-6-14/h1-8,18,24,26H,9-13H2. The molecule has 0 amide bonds. The molecule has 0 fully saturated rings. The summed E-state index contributed by atoms with van der Waals surface area (Å²) in [5, 5.41) is 14.6. The van der Waals surface area contributed by atoms with Crippen molar-refractivity contribution >= 4 is 5.69 Å². The summed E-state index contributed by atoms with van der Waals surface area (Å²) < 4.78 is 42.1. The van der Waals surface area contributed by atoms with Crippen molar-refractivity contribution in [3.8, 4) is 0 Å². The monoisotopic (exact) mass is 362 g/mol. The molecule has 138 valence electrons. The highest BCUT2D eigenvalue weighted by Crippen LogP contribution is 2.56. The van der Waals surface area contributed by atoms with Crippen LogP contribution in [0.1, 0.15) is 29.0 Å². The fourth-order valence-electron chi connectivity index (χ4n) is 4.32. The summed E-state index contributed by atoms with van der Waals surface area (Å²) >= 11 is 0. The van der Waals surface area contributed by atoms with Crippen LogP contribution in [-0.2, 0) is 13.0 Å². The Morgan fingerprint density at radius 2 is 1.88 bits per heavy atom. The van der Waals surface area contributed by atoms with Gasteiger partial charge in [0.15, 0.2) is 5.72 Å². The van der Waals surface area contributed by atoms with Crippen molar-refractivity contribution in [3.63, 3.8) is 0 Å². The van der Waals surface area contributed by atoms with E-state index >= 15 is 0 Å². The van der Waals surface area contributed by atoms with Crippen LogP contribution in [0, 0.1) is 0 Å². The van der Waals surface area contributed by atoms with Crippen LogP contribution < -0.4 is 10.2 Å². The average Bonchev–Trinajstić information content (AvgIpc) is 2.73. The molecule has 2 aliphatic heterocycles. The number of aliphatic hydroxyl groups is 1. The summed E-state index contributed by atoms with van der Waals surface area (Å²) in [5.74, 6) is -1.90. The van der Waals surface area contributed by atoms with Gasteiger partial charge in [-0.2, -0.15) is 13.2 Å². The molecular formula is C20H21F3N2O. The normalized spacial score (nSPS) is 25.1. The SMILES string of the molecule is OC1(CCc2ccccc2)C(C(F)(F)F)c2cccc3c2N1CCNC3. The van der Waals surface area contributed by atoms with Gasteiger partial charge in [0.05, 0.1) is 0 Å². The molecule has 2 heterocycles. The van der Waals surface area contributed by atoms with Crippen LogP contribution >= 0.6 is 0 Å². The molecule has 0 radical (unpaired) electrons. The van der Waals surface area contributed by atoms with Crippen LogP contribution in [0.4, 0.5) is 18.9 Å². The first kappa shape index (κ1) is 17.4. The van der Waals surface area contributed by atoms with E-state index in [0.29, 0.717) is 31.7 Å². The van der Waals surface area contributed by atoms with Gasteiger partial charge in [0, 0.05) is 31.7 Å². The van der Waals surface area contributed by atoms with E-state index in [9.17, 15) is 18.3 Å². The molecule has 0 aliphatic carbocycles. The van der Waals surface area contributed by atoms with E-state index < -0.39 is 17.8 Å². The van der Waals surface area contributed by atoms with Gasteiger partial charge in [0.1, 0.15) is 5.92 Å². The highest BCUT2D eigenvalue weighted by atomic mass is 19.4. The van der Waals surface area contributed by atoms with Crippen LogP contribution in [-0.4, -0.2) is 30.1 Å². The zero-order valence-corrected chi connectivity index (χ0v) is 14.3. The second kappa shape index (κ2) is 6.28. The molecule has 2 aliphatic rings. The van der Waals surface area contributed by atoms with Crippen molar-refractivity contribution < 1.29 is 18.3 Å². The quantitative estimate of drug-likeness (QED) is 0.876. The average molecular weight is 362 g/mol. The Hall–Kier alpha value is -2.05. The highest BCUT2D eigenvalue weighted by Gasteiger charge is 2.61. The van der Waals surface area contributed by atoms with E-state index in [2.05, 4.69) is 5.32 Å². The Morgan fingerprint density at radius 3 is 2.62 bits per heavy atom. The van der Waals surface area contributed by atoms with E-state index in [-0.39, 0.29) is 12.0 Å². The van der Waals surface area contributed by atoms with Crippen LogP contribution in [0.2, 0.25) is 0 Å². The van der Waals surface area contributed by atoms with Gasteiger partial charge in [0.25, 0.3) is 0 Å². The topological polar surface area (TPSA) is 35.5 Å². The number of nitrogens with zero attached hydrogens (tertiary/aromatic N) is 1. The number of nitrogens with one attached hydrogen (secondary N) is 1. The van der Waals surface area contributed by atoms with Gasteiger partial charge in [-0.25, -0.2) is 0 Å². The Kier molecular flexibility index (Phi) is 4.20. The van der Waals surface area contributed by atoms with E-state index in [4.69, 9.17) is 0 Å². The minimum absolute atomic E-state index is 0.0231. The van der Waals surface area contributed by atoms with Crippen molar-refractivity contribution in [3.05, 3.63) is 65.2 Å². The lowest BCUT2D eigenvalue weighted by Gasteiger charge is -2.40. The zero-order valence-electron chi connectivity index (χ0n) is 14.3. The molecule has 0 bridgehead atoms. The van der Waals surface area contributed by atoms with Crippen LogP contribution in [0.15, 0.2) is 48.5 Å². The summed E-state index contributed by atoms with van der Waals surface area (Å²) in [7, 11) is 0. The molecule has 2 N–H and O–H groups in total. The summed E-state index contributed by atoms with van der Waals surface area (Å²) in [4.78, 5) is 1.58. The van der Waals surface area contributed by atoms with Crippen molar-refractivity contribution in [2.45, 2.75) is 37.2 Å². The van der Waals surface area contributed by atoms with Gasteiger partial charge in [-0.15, -0.1) is 0 Å². The number of hydrogen-bond donors (Lipinski definition) is 2. The molecule has 0 aromatic heterocycles. The number of benzene rings is 2. The summed E-state index contributed by atoms with van der Waals surface area (Å²) in [6.45, 7) is 1.40. The molecule has 2 aromatic carbocycles. The van der Waals surface area contributed by atoms with Crippen molar-refractivity contribution in [1.29, 1.82) is 0 Å². The third-order valence-electron chi connectivity index (χ3n) is 5.44. The maximum atomic E-state index is 14.0. The molecule has 2 atom stereocenters. The summed E-state index contributed by atoms with van der Waals surface area (Å²) in [6, 6.07) is 14.3. The third kappa shape index (κ3) is 2.77. The van der Waals surface area contributed by atoms with Gasteiger partial charge < -0.3 is 15.3 Å².